The van der Waals surface area contributed by atoms with Gasteiger partial charge in [-0.25, -0.2) is 0 Å². The van der Waals surface area contributed by atoms with Crippen LogP contribution in [0.5, 0.6) is 0 Å². The monoisotopic (exact) mass is 395 g/mol. The standard InChI is InChI=1S/C27H26NP/c1-21-18-22(2)27(28-20-23-12-6-3-7-13-23)26(19-21)29(24-14-8-4-9-15-24)25-16-10-5-11-17-25/h3-19,28H,20H2,1-2H3. The van der Waals surface area contributed by atoms with Gasteiger partial charge in [0.05, 0.1) is 0 Å². The van der Waals surface area contributed by atoms with E-state index in [1.807, 2.05) is 0 Å². The molecule has 0 aliphatic carbocycles. The van der Waals surface area contributed by atoms with Crippen molar-refractivity contribution in [3.63, 3.8) is 0 Å². The second kappa shape index (κ2) is 9.07. The number of aryl methyl sites for hydroxylation is 2. The van der Waals surface area contributed by atoms with Crippen molar-refractivity contribution in [2.75, 3.05) is 5.32 Å². The van der Waals surface area contributed by atoms with Crippen LogP contribution in [-0.2, 0) is 6.54 Å². The van der Waals surface area contributed by atoms with E-state index < -0.39 is 7.92 Å². The molecule has 0 aliphatic rings. The summed E-state index contributed by atoms with van der Waals surface area (Å²) < 4.78 is 0. The van der Waals surface area contributed by atoms with E-state index in [2.05, 4.69) is 122 Å². The van der Waals surface area contributed by atoms with Crippen LogP contribution in [0.2, 0.25) is 0 Å². The smallest absolute Gasteiger partial charge is 0.0457 e. The molecular weight excluding hydrogens is 369 g/mol. The highest BCUT2D eigenvalue weighted by atomic mass is 31.1. The molecule has 144 valence electrons. The van der Waals surface area contributed by atoms with Crippen LogP contribution in [0.3, 0.4) is 0 Å². The molecule has 0 radical (unpaired) electrons. The zero-order valence-electron chi connectivity index (χ0n) is 17.0. The van der Waals surface area contributed by atoms with E-state index in [0.29, 0.717) is 0 Å². The Morgan fingerprint density at radius 2 is 1.17 bits per heavy atom. The van der Waals surface area contributed by atoms with Gasteiger partial charge in [0.2, 0.25) is 0 Å². The van der Waals surface area contributed by atoms with Gasteiger partial charge in [-0.1, -0.05) is 103 Å². The van der Waals surface area contributed by atoms with Crippen LogP contribution in [0.1, 0.15) is 16.7 Å². The summed E-state index contributed by atoms with van der Waals surface area (Å²) in [5, 5.41) is 7.91. The van der Waals surface area contributed by atoms with Crippen molar-refractivity contribution < 1.29 is 0 Å². The van der Waals surface area contributed by atoms with Gasteiger partial charge in [0, 0.05) is 17.5 Å². The summed E-state index contributed by atoms with van der Waals surface area (Å²) in [5.41, 5.74) is 5.16. The van der Waals surface area contributed by atoms with Crippen LogP contribution in [-0.4, -0.2) is 0 Å². The van der Waals surface area contributed by atoms with E-state index in [4.69, 9.17) is 0 Å². The fourth-order valence-corrected chi connectivity index (χ4v) is 6.33. The third kappa shape index (κ3) is 4.58. The molecular formula is C27H26NP. The molecule has 0 aliphatic heterocycles. The van der Waals surface area contributed by atoms with E-state index in [1.165, 1.54) is 38.3 Å². The van der Waals surface area contributed by atoms with Crippen molar-refractivity contribution in [2.45, 2.75) is 20.4 Å². The summed E-state index contributed by atoms with van der Waals surface area (Å²) >= 11 is 0. The van der Waals surface area contributed by atoms with Crippen molar-refractivity contribution in [3.05, 3.63) is 120 Å². The van der Waals surface area contributed by atoms with Crippen LogP contribution < -0.4 is 21.2 Å². The number of anilines is 1. The Labute approximate surface area is 175 Å². The van der Waals surface area contributed by atoms with Crippen molar-refractivity contribution in [1.82, 2.24) is 0 Å². The lowest BCUT2D eigenvalue weighted by Crippen LogP contribution is -2.24. The molecule has 0 bridgehead atoms. The predicted octanol–water partition coefficient (Wildman–Crippen LogP) is 5.67. The van der Waals surface area contributed by atoms with Crippen molar-refractivity contribution in [2.24, 2.45) is 0 Å². The molecule has 0 fully saturated rings. The Morgan fingerprint density at radius 3 is 1.72 bits per heavy atom. The SMILES string of the molecule is Cc1cc(C)c(NCc2ccccc2)c(P(c2ccccc2)c2ccccc2)c1. The highest BCUT2D eigenvalue weighted by molar-refractivity contribution is 7.80. The van der Waals surface area contributed by atoms with Crippen molar-refractivity contribution >= 4 is 29.5 Å². The highest BCUT2D eigenvalue weighted by Gasteiger charge is 2.21. The van der Waals surface area contributed by atoms with Gasteiger partial charge >= 0.3 is 0 Å². The quantitative estimate of drug-likeness (QED) is 0.415. The first-order valence-electron chi connectivity index (χ1n) is 10.0. The number of hydrogen-bond acceptors (Lipinski definition) is 1. The van der Waals surface area contributed by atoms with Crippen molar-refractivity contribution in [3.8, 4) is 0 Å². The van der Waals surface area contributed by atoms with Crippen LogP contribution in [0.15, 0.2) is 103 Å². The lowest BCUT2D eigenvalue weighted by molar-refractivity contribution is 1.14. The number of benzene rings is 4. The molecule has 4 aromatic rings. The second-order valence-corrected chi connectivity index (χ2v) is 9.51. The average Bonchev–Trinajstić information content (AvgIpc) is 2.75. The molecule has 0 aromatic heterocycles. The normalized spacial score (nSPS) is 10.9. The first kappa shape index (κ1) is 19.4. The summed E-state index contributed by atoms with van der Waals surface area (Å²) in [4.78, 5) is 0. The average molecular weight is 395 g/mol. The Morgan fingerprint density at radius 1 is 0.655 bits per heavy atom. The van der Waals surface area contributed by atoms with E-state index in [9.17, 15) is 0 Å². The third-order valence-electron chi connectivity index (χ3n) is 5.04. The van der Waals surface area contributed by atoms with Crippen LogP contribution in [0.4, 0.5) is 5.69 Å². The molecule has 0 spiro atoms. The number of hydrogen-bond donors (Lipinski definition) is 1. The van der Waals surface area contributed by atoms with Gasteiger partial charge in [-0.15, -0.1) is 0 Å². The Kier molecular flexibility index (Phi) is 6.08. The molecule has 0 unspecified atom stereocenters. The Balaban J connectivity index is 1.82. The molecule has 0 saturated heterocycles. The van der Waals surface area contributed by atoms with Crippen molar-refractivity contribution in [1.29, 1.82) is 0 Å². The summed E-state index contributed by atoms with van der Waals surface area (Å²) in [5.74, 6) is 0. The largest absolute Gasteiger partial charge is 0.380 e. The topological polar surface area (TPSA) is 12.0 Å². The summed E-state index contributed by atoms with van der Waals surface area (Å²) in [7, 11) is -0.642. The molecule has 29 heavy (non-hydrogen) atoms. The molecule has 4 aromatic carbocycles. The highest BCUT2D eigenvalue weighted by Crippen LogP contribution is 2.37. The maximum Gasteiger partial charge on any atom is 0.0457 e. The van der Waals surface area contributed by atoms with Gasteiger partial charge < -0.3 is 5.32 Å². The number of nitrogens with one attached hydrogen (secondary N) is 1. The van der Waals surface area contributed by atoms with Gasteiger partial charge in [-0.2, -0.15) is 0 Å². The molecule has 1 N–H and O–H groups in total. The van der Waals surface area contributed by atoms with Gasteiger partial charge in [-0.05, 0) is 49.6 Å². The van der Waals surface area contributed by atoms with E-state index in [1.54, 1.807) is 0 Å². The predicted molar refractivity (Wildman–Crippen MR) is 128 cm³/mol. The minimum absolute atomic E-state index is 0.642. The minimum atomic E-state index is -0.642. The van der Waals surface area contributed by atoms with Gasteiger partial charge in [0.15, 0.2) is 0 Å². The minimum Gasteiger partial charge on any atom is -0.380 e. The molecule has 0 atom stereocenters. The lowest BCUT2D eigenvalue weighted by Gasteiger charge is -2.25. The van der Waals surface area contributed by atoms with Gasteiger partial charge in [-0.3, -0.25) is 0 Å². The maximum absolute atomic E-state index is 3.76. The molecule has 0 saturated carbocycles. The van der Waals surface area contributed by atoms with Gasteiger partial charge in [0.25, 0.3) is 0 Å². The summed E-state index contributed by atoms with van der Waals surface area (Å²) in [6.07, 6.45) is 0. The zero-order chi connectivity index (χ0) is 20.1. The third-order valence-corrected chi connectivity index (χ3v) is 7.50. The molecule has 0 heterocycles. The van der Waals surface area contributed by atoms with E-state index in [0.717, 1.165) is 6.54 Å². The summed E-state index contributed by atoms with van der Waals surface area (Å²) in [6, 6.07) is 37.1. The Hall–Kier alpha value is -2.89. The van der Waals surface area contributed by atoms with E-state index in [-0.39, 0.29) is 0 Å². The molecule has 0 amide bonds. The van der Waals surface area contributed by atoms with E-state index >= 15 is 0 Å². The molecule has 1 nitrogen and oxygen atoms in total. The zero-order valence-corrected chi connectivity index (χ0v) is 17.9. The first-order chi connectivity index (χ1) is 14.2. The van der Waals surface area contributed by atoms with Crippen LogP contribution in [0.25, 0.3) is 0 Å². The Bertz CT molecular complexity index is 1020. The fourth-order valence-electron chi connectivity index (χ4n) is 3.72. The van der Waals surface area contributed by atoms with Gasteiger partial charge in [0.1, 0.15) is 0 Å². The second-order valence-electron chi connectivity index (χ2n) is 7.32. The number of rotatable bonds is 6. The first-order valence-corrected chi connectivity index (χ1v) is 11.4. The molecule has 2 heteroatoms. The molecule has 4 rings (SSSR count). The van der Waals surface area contributed by atoms with Crippen LogP contribution >= 0.6 is 7.92 Å². The summed E-state index contributed by atoms with van der Waals surface area (Å²) in [6.45, 7) is 5.23. The fraction of sp³-hybridized carbons (Fsp3) is 0.111. The van der Waals surface area contributed by atoms with Crippen LogP contribution in [0, 0.1) is 13.8 Å². The lowest BCUT2D eigenvalue weighted by atomic mass is 10.1. The maximum atomic E-state index is 3.76.